The van der Waals surface area contributed by atoms with E-state index in [4.69, 9.17) is 5.73 Å². The van der Waals surface area contributed by atoms with Crippen molar-refractivity contribution in [1.82, 2.24) is 4.98 Å². The van der Waals surface area contributed by atoms with Gasteiger partial charge in [-0.15, -0.1) is 0 Å². The van der Waals surface area contributed by atoms with Crippen molar-refractivity contribution < 1.29 is 0 Å². The number of rotatable bonds is 3. The van der Waals surface area contributed by atoms with Gasteiger partial charge in [0.1, 0.15) is 0 Å². The van der Waals surface area contributed by atoms with Gasteiger partial charge in [-0.25, -0.2) is 0 Å². The molecule has 1 aromatic heterocycles. The monoisotopic (exact) mass is 304 g/mol. The molecule has 0 bridgehead atoms. The molecule has 0 saturated carbocycles. The van der Waals surface area contributed by atoms with E-state index < -0.39 is 0 Å². The molecule has 1 atom stereocenters. The minimum atomic E-state index is -0.0329. The second kappa shape index (κ2) is 5.63. The van der Waals surface area contributed by atoms with Crippen molar-refractivity contribution in [1.29, 1.82) is 0 Å². The van der Waals surface area contributed by atoms with Crippen molar-refractivity contribution in [2.45, 2.75) is 26.3 Å². The number of aryl methyl sites for hydroxylation is 2. The molecule has 0 aliphatic carbocycles. The Labute approximate surface area is 116 Å². The van der Waals surface area contributed by atoms with Crippen molar-refractivity contribution in [3.05, 3.63) is 63.4 Å². The number of benzene rings is 1. The molecular weight excluding hydrogens is 288 g/mol. The summed E-state index contributed by atoms with van der Waals surface area (Å²) >= 11 is 3.56. The molecule has 1 aromatic carbocycles. The van der Waals surface area contributed by atoms with Gasteiger partial charge in [-0.3, -0.25) is 4.98 Å². The molecular formula is C15H17BrN2. The summed E-state index contributed by atoms with van der Waals surface area (Å²) in [7, 11) is 0. The van der Waals surface area contributed by atoms with Crippen LogP contribution in [0.2, 0.25) is 0 Å². The predicted molar refractivity (Wildman–Crippen MR) is 78.5 cm³/mol. The molecule has 0 aliphatic heterocycles. The summed E-state index contributed by atoms with van der Waals surface area (Å²) in [6, 6.07) is 10.3. The number of pyridine rings is 1. The molecule has 2 nitrogen and oxygen atoms in total. The van der Waals surface area contributed by atoms with Crippen LogP contribution in [0, 0.1) is 13.8 Å². The summed E-state index contributed by atoms with van der Waals surface area (Å²) in [5, 5.41) is 0. The molecule has 0 aliphatic rings. The molecule has 2 N–H and O–H groups in total. The van der Waals surface area contributed by atoms with Gasteiger partial charge < -0.3 is 5.73 Å². The Morgan fingerprint density at radius 1 is 1.17 bits per heavy atom. The lowest BCUT2D eigenvalue weighted by Crippen LogP contribution is -2.15. The van der Waals surface area contributed by atoms with E-state index in [1.807, 2.05) is 25.3 Å². The van der Waals surface area contributed by atoms with E-state index in [1.54, 1.807) is 0 Å². The lowest BCUT2D eigenvalue weighted by molar-refractivity contribution is 0.702. The van der Waals surface area contributed by atoms with Crippen molar-refractivity contribution in [3.8, 4) is 0 Å². The third-order valence-corrected chi connectivity index (χ3v) is 3.67. The Morgan fingerprint density at radius 3 is 2.56 bits per heavy atom. The summed E-state index contributed by atoms with van der Waals surface area (Å²) in [6.45, 7) is 4.11. The van der Waals surface area contributed by atoms with E-state index in [1.165, 1.54) is 11.1 Å². The number of nitrogens with two attached hydrogens (primary N) is 1. The maximum atomic E-state index is 6.26. The molecule has 0 radical (unpaired) electrons. The lowest BCUT2D eigenvalue weighted by atomic mass is 10.0. The standard InChI is InChI=1S/C15H17BrN2/c1-10-4-6-14(16)13(7-10)15(17)8-12-5-3-11(2)9-18-12/h3-7,9,15H,8,17H2,1-2H3. The SMILES string of the molecule is Cc1ccc(CC(N)c2cc(C)ccc2Br)nc1. The Morgan fingerprint density at radius 2 is 1.89 bits per heavy atom. The maximum Gasteiger partial charge on any atom is 0.0422 e. The third kappa shape index (κ3) is 3.18. The Hall–Kier alpha value is -1.19. The minimum absolute atomic E-state index is 0.0329. The number of aromatic nitrogens is 1. The molecule has 0 saturated heterocycles. The van der Waals surface area contributed by atoms with Gasteiger partial charge in [0, 0.05) is 28.8 Å². The Bertz CT molecular complexity index is 535. The molecule has 1 heterocycles. The minimum Gasteiger partial charge on any atom is -0.324 e. The van der Waals surface area contributed by atoms with Crippen LogP contribution in [-0.2, 0) is 6.42 Å². The zero-order valence-corrected chi connectivity index (χ0v) is 12.2. The molecule has 1 unspecified atom stereocenters. The largest absolute Gasteiger partial charge is 0.324 e. The molecule has 0 fully saturated rings. The summed E-state index contributed by atoms with van der Waals surface area (Å²) in [6.07, 6.45) is 2.63. The molecule has 18 heavy (non-hydrogen) atoms. The molecule has 94 valence electrons. The zero-order valence-electron chi connectivity index (χ0n) is 10.7. The normalized spacial score (nSPS) is 12.4. The predicted octanol–water partition coefficient (Wildman–Crippen LogP) is 3.70. The molecule has 2 aromatic rings. The van der Waals surface area contributed by atoms with Crippen LogP contribution in [0.3, 0.4) is 0 Å². The Kier molecular flexibility index (Phi) is 4.15. The fourth-order valence-electron chi connectivity index (χ4n) is 1.90. The highest BCUT2D eigenvalue weighted by molar-refractivity contribution is 9.10. The quantitative estimate of drug-likeness (QED) is 0.939. The van der Waals surface area contributed by atoms with E-state index in [2.05, 4.69) is 46.0 Å². The summed E-state index contributed by atoms with van der Waals surface area (Å²) in [5.41, 5.74) is 10.8. The van der Waals surface area contributed by atoms with Crippen molar-refractivity contribution in [2.24, 2.45) is 5.73 Å². The summed E-state index contributed by atoms with van der Waals surface area (Å²) < 4.78 is 1.06. The lowest BCUT2D eigenvalue weighted by Gasteiger charge is -2.14. The first-order chi connectivity index (χ1) is 8.56. The molecule has 2 rings (SSSR count). The van der Waals surface area contributed by atoms with Crippen LogP contribution >= 0.6 is 15.9 Å². The number of nitrogens with zero attached hydrogens (tertiary/aromatic N) is 1. The van der Waals surface area contributed by atoms with Gasteiger partial charge in [-0.1, -0.05) is 39.7 Å². The molecule has 0 amide bonds. The van der Waals surface area contributed by atoms with E-state index >= 15 is 0 Å². The second-order valence-electron chi connectivity index (χ2n) is 4.66. The Balaban J connectivity index is 2.18. The van der Waals surface area contributed by atoms with Gasteiger partial charge in [0.15, 0.2) is 0 Å². The number of hydrogen-bond donors (Lipinski definition) is 1. The summed E-state index contributed by atoms with van der Waals surface area (Å²) in [5.74, 6) is 0. The number of halogens is 1. The average Bonchev–Trinajstić information content (AvgIpc) is 2.35. The first-order valence-electron chi connectivity index (χ1n) is 5.99. The van der Waals surface area contributed by atoms with Gasteiger partial charge in [0.2, 0.25) is 0 Å². The van der Waals surface area contributed by atoms with Crippen molar-refractivity contribution >= 4 is 15.9 Å². The molecule has 0 spiro atoms. The van der Waals surface area contributed by atoms with E-state index in [-0.39, 0.29) is 6.04 Å². The van der Waals surface area contributed by atoms with E-state index in [0.717, 1.165) is 22.2 Å². The van der Waals surface area contributed by atoms with Crippen LogP contribution < -0.4 is 5.73 Å². The van der Waals surface area contributed by atoms with Crippen LogP contribution in [-0.4, -0.2) is 4.98 Å². The topological polar surface area (TPSA) is 38.9 Å². The van der Waals surface area contributed by atoms with Crippen LogP contribution in [0.4, 0.5) is 0 Å². The second-order valence-corrected chi connectivity index (χ2v) is 5.52. The first-order valence-corrected chi connectivity index (χ1v) is 6.78. The van der Waals surface area contributed by atoms with Crippen LogP contribution in [0.1, 0.15) is 28.4 Å². The fraction of sp³-hybridized carbons (Fsp3) is 0.267. The van der Waals surface area contributed by atoms with Crippen LogP contribution in [0.15, 0.2) is 41.0 Å². The van der Waals surface area contributed by atoms with Gasteiger partial charge >= 0.3 is 0 Å². The summed E-state index contributed by atoms with van der Waals surface area (Å²) in [4.78, 5) is 4.40. The highest BCUT2D eigenvalue weighted by Gasteiger charge is 2.11. The van der Waals surface area contributed by atoms with Gasteiger partial charge in [0.05, 0.1) is 0 Å². The van der Waals surface area contributed by atoms with E-state index in [0.29, 0.717) is 0 Å². The fourth-order valence-corrected chi connectivity index (χ4v) is 2.44. The smallest absolute Gasteiger partial charge is 0.0422 e. The number of hydrogen-bond acceptors (Lipinski definition) is 2. The molecule has 3 heteroatoms. The van der Waals surface area contributed by atoms with E-state index in [9.17, 15) is 0 Å². The van der Waals surface area contributed by atoms with Crippen molar-refractivity contribution in [2.75, 3.05) is 0 Å². The van der Waals surface area contributed by atoms with Crippen LogP contribution in [0.25, 0.3) is 0 Å². The van der Waals surface area contributed by atoms with Crippen LogP contribution in [0.5, 0.6) is 0 Å². The highest BCUT2D eigenvalue weighted by Crippen LogP contribution is 2.25. The van der Waals surface area contributed by atoms with Gasteiger partial charge in [0.25, 0.3) is 0 Å². The maximum absolute atomic E-state index is 6.26. The third-order valence-electron chi connectivity index (χ3n) is 2.95. The average molecular weight is 305 g/mol. The van der Waals surface area contributed by atoms with Gasteiger partial charge in [-0.2, -0.15) is 0 Å². The zero-order chi connectivity index (χ0) is 13.1. The highest BCUT2D eigenvalue weighted by atomic mass is 79.9. The first kappa shape index (κ1) is 13.2. The van der Waals surface area contributed by atoms with Crippen molar-refractivity contribution in [3.63, 3.8) is 0 Å². The van der Waals surface area contributed by atoms with Gasteiger partial charge in [-0.05, 0) is 37.1 Å².